The molecule has 4 atom stereocenters. The highest BCUT2D eigenvalue weighted by atomic mass is 35.5. The molecule has 0 bridgehead atoms. The number of hydrogen-bond donors (Lipinski definition) is 6. The predicted molar refractivity (Wildman–Crippen MR) is 102 cm³/mol. The van der Waals surface area contributed by atoms with E-state index in [0.29, 0.717) is 0 Å². The number of benzene rings is 1. The van der Waals surface area contributed by atoms with Gasteiger partial charge in [0, 0.05) is 34.4 Å². The van der Waals surface area contributed by atoms with Gasteiger partial charge in [0.2, 0.25) is 5.78 Å². The minimum atomic E-state index is -2.69. The Bertz CT molecular complexity index is 1120. The molecule has 3 aliphatic rings. The van der Waals surface area contributed by atoms with Gasteiger partial charge in [-0.05, 0) is 25.5 Å². The van der Waals surface area contributed by atoms with Gasteiger partial charge in [-0.25, -0.2) is 0 Å². The van der Waals surface area contributed by atoms with Crippen molar-refractivity contribution in [3.8, 4) is 5.75 Å². The number of amides is 1. The number of allylic oxidation sites excluding steroid dienone is 1. The zero-order chi connectivity index (χ0) is 22.3. The van der Waals surface area contributed by atoms with Crippen molar-refractivity contribution in [1.29, 1.82) is 0 Å². The molecule has 1 aromatic carbocycles. The molecule has 1 amide bonds. The quantitative estimate of drug-likeness (QED) is 0.352. The Hall–Kier alpha value is -2.88. The Morgan fingerprint density at radius 1 is 1.20 bits per heavy atom. The van der Waals surface area contributed by atoms with Crippen LogP contribution in [0.2, 0.25) is 5.02 Å². The van der Waals surface area contributed by atoms with Gasteiger partial charge in [0.05, 0.1) is 11.2 Å². The number of carbonyl (C=O) groups is 3. The molecule has 7 N–H and O–H groups in total. The van der Waals surface area contributed by atoms with E-state index in [9.17, 15) is 39.9 Å². The number of aliphatic hydroxyl groups is 4. The number of carbonyl (C=O) groups excluding carboxylic acids is 3. The Labute approximate surface area is 174 Å². The van der Waals surface area contributed by atoms with Gasteiger partial charge < -0.3 is 31.3 Å². The lowest BCUT2D eigenvalue weighted by Gasteiger charge is -2.49. The van der Waals surface area contributed by atoms with E-state index in [4.69, 9.17) is 17.3 Å². The van der Waals surface area contributed by atoms with Crippen molar-refractivity contribution in [3.05, 3.63) is 50.9 Å². The van der Waals surface area contributed by atoms with Crippen LogP contribution in [0.5, 0.6) is 5.75 Å². The van der Waals surface area contributed by atoms with Gasteiger partial charge in [0.15, 0.2) is 11.4 Å². The van der Waals surface area contributed by atoms with E-state index in [0.717, 1.165) is 6.07 Å². The Morgan fingerprint density at radius 2 is 1.83 bits per heavy atom. The first-order valence-corrected chi connectivity index (χ1v) is 9.44. The predicted octanol–water partition coefficient (Wildman–Crippen LogP) is 0.899. The number of primary amides is 1. The van der Waals surface area contributed by atoms with E-state index in [1.54, 1.807) is 0 Å². The van der Waals surface area contributed by atoms with Gasteiger partial charge in [0.1, 0.15) is 22.8 Å². The van der Waals surface area contributed by atoms with Crippen molar-refractivity contribution in [2.75, 3.05) is 0 Å². The van der Waals surface area contributed by atoms with Gasteiger partial charge in [-0.3, -0.25) is 14.4 Å². The molecule has 0 radical (unpaired) electrons. The highest BCUT2D eigenvalue weighted by Gasteiger charge is 2.63. The molecule has 0 saturated heterocycles. The summed E-state index contributed by atoms with van der Waals surface area (Å²) >= 11 is 6.19. The van der Waals surface area contributed by atoms with Crippen LogP contribution >= 0.6 is 11.6 Å². The topological polar surface area (TPSA) is 178 Å². The van der Waals surface area contributed by atoms with E-state index in [1.807, 2.05) is 0 Å². The highest BCUT2D eigenvalue weighted by Crippen LogP contribution is 2.57. The monoisotopic (exact) mass is 435 g/mol. The molecule has 3 aliphatic carbocycles. The molecule has 0 fully saturated rings. The van der Waals surface area contributed by atoms with Crippen LogP contribution in [0.3, 0.4) is 0 Å². The summed E-state index contributed by atoms with van der Waals surface area (Å²) in [5.41, 5.74) is -1.15. The van der Waals surface area contributed by atoms with Crippen LogP contribution in [0.4, 0.5) is 0 Å². The molecule has 0 aromatic heterocycles. The summed E-state index contributed by atoms with van der Waals surface area (Å²) in [4.78, 5) is 37.7. The molecule has 158 valence electrons. The molecule has 9 nitrogen and oxygen atoms in total. The fourth-order valence-electron chi connectivity index (χ4n) is 4.95. The zero-order valence-corrected chi connectivity index (χ0v) is 16.4. The van der Waals surface area contributed by atoms with Gasteiger partial charge in [-0.15, -0.1) is 0 Å². The third-order valence-corrected chi connectivity index (χ3v) is 6.73. The number of nitrogens with two attached hydrogens (primary N) is 1. The molecule has 30 heavy (non-hydrogen) atoms. The summed E-state index contributed by atoms with van der Waals surface area (Å²) in [6.45, 7) is 1.33. The lowest BCUT2D eigenvalue weighted by atomic mass is 9.56. The summed E-state index contributed by atoms with van der Waals surface area (Å²) in [6.07, 6.45) is -0.596. The molecule has 1 aromatic rings. The van der Waals surface area contributed by atoms with Gasteiger partial charge >= 0.3 is 0 Å². The van der Waals surface area contributed by atoms with Crippen LogP contribution in [0.25, 0.3) is 0 Å². The minimum Gasteiger partial charge on any atom is -0.511 e. The van der Waals surface area contributed by atoms with Crippen molar-refractivity contribution < 1.29 is 39.9 Å². The van der Waals surface area contributed by atoms with Crippen LogP contribution in [-0.4, -0.2) is 48.6 Å². The maximum absolute atomic E-state index is 13.2. The van der Waals surface area contributed by atoms with Crippen LogP contribution in [-0.2, 0) is 15.2 Å². The average molecular weight is 436 g/mol. The van der Waals surface area contributed by atoms with Crippen molar-refractivity contribution >= 4 is 29.1 Å². The maximum Gasteiger partial charge on any atom is 0.255 e. The molecule has 10 heteroatoms. The number of fused-ring (bicyclic) bond motifs is 3. The molecular formula is C20H18ClNO8. The second-order valence-electron chi connectivity index (χ2n) is 8.03. The molecule has 4 rings (SSSR count). The van der Waals surface area contributed by atoms with E-state index in [2.05, 4.69) is 0 Å². The summed E-state index contributed by atoms with van der Waals surface area (Å²) in [6, 6.07) is 2.45. The van der Waals surface area contributed by atoms with Crippen molar-refractivity contribution in [1.82, 2.24) is 0 Å². The standard InChI is InChI=1S/C20H18ClNO8/c1-19(29)7-4-6-5-10(24)13(18(22)28)17(27)20(6,30)16(26)11(7)15(25)12-9(23)3-2-8(21)14(12)19/h2-3,6-7,23-24,26,29-30H,4-5H2,1H3,(H2,22,28)/t6?,7?,19?,20-/m1/s1. The first-order valence-electron chi connectivity index (χ1n) is 9.06. The lowest BCUT2D eigenvalue weighted by molar-refractivity contribution is -0.147. The smallest absolute Gasteiger partial charge is 0.255 e. The molecular weight excluding hydrogens is 418 g/mol. The normalized spacial score (nSPS) is 33.2. The summed E-state index contributed by atoms with van der Waals surface area (Å²) < 4.78 is 0. The number of halogens is 1. The summed E-state index contributed by atoms with van der Waals surface area (Å²) in [7, 11) is 0. The van der Waals surface area contributed by atoms with Crippen molar-refractivity contribution in [2.24, 2.45) is 17.6 Å². The number of ketones is 2. The number of rotatable bonds is 1. The van der Waals surface area contributed by atoms with Crippen LogP contribution in [0.1, 0.15) is 35.7 Å². The third-order valence-electron chi connectivity index (χ3n) is 6.41. The molecule has 0 heterocycles. The van der Waals surface area contributed by atoms with Crippen LogP contribution in [0.15, 0.2) is 34.8 Å². The van der Waals surface area contributed by atoms with E-state index in [1.165, 1.54) is 13.0 Å². The van der Waals surface area contributed by atoms with E-state index >= 15 is 0 Å². The number of aliphatic hydroxyl groups excluding tert-OH is 2. The number of aromatic hydroxyl groups is 1. The summed E-state index contributed by atoms with van der Waals surface area (Å²) in [5.74, 6) is -8.00. The number of hydrogen-bond acceptors (Lipinski definition) is 8. The van der Waals surface area contributed by atoms with Gasteiger partial charge in [-0.1, -0.05) is 11.6 Å². The fourth-order valence-corrected chi connectivity index (χ4v) is 5.30. The Kier molecular flexibility index (Phi) is 4.12. The number of phenols is 1. The number of Topliss-reactive ketones (excluding diaryl/α,β-unsaturated/α-hetero) is 2. The molecule has 0 saturated carbocycles. The van der Waals surface area contributed by atoms with Crippen LogP contribution in [0, 0.1) is 11.8 Å². The van der Waals surface area contributed by atoms with Crippen molar-refractivity contribution in [3.63, 3.8) is 0 Å². The lowest BCUT2D eigenvalue weighted by Crippen LogP contribution is -2.59. The van der Waals surface area contributed by atoms with E-state index < -0.39 is 68.9 Å². The van der Waals surface area contributed by atoms with Crippen molar-refractivity contribution in [2.45, 2.75) is 31.0 Å². The average Bonchev–Trinajstić information content (AvgIpc) is 2.64. The van der Waals surface area contributed by atoms with Crippen LogP contribution < -0.4 is 5.73 Å². The van der Waals surface area contributed by atoms with Gasteiger partial charge in [0.25, 0.3) is 5.91 Å². The van der Waals surface area contributed by atoms with E-state index in [-0.39, 0.29) is 29.0 Å². The second kappa shape index (κ2) is 6.07. The highest BCUT2D eigenvalue weighted by molar-refractivity contribution is 6.33. The molecule has 3 unspecified atom stereocenters. The largest absolute Gasteiger partial charge is 0.511 e. The third kappa shape index (κ3) is 2.28. The fraction of sp³-hybridized carbons (Fsp3) is 0.350. The Morgan fingerprint density at radius 3 is 2.43 bits per heavy atom. The zero-order valence-electron chi connectivity index (χ0n) is 15.6. The van der Waals surface area contributed by atoms with Gasteiger partial charge in [-0.2, -0.15) is 0 Å². The molecule has 0 spiro atoms. The maximum atomic E-state index is 13.2. The molecule has 0 aliphatic heterocycles. The Balaban J connectivity index is 2.01. The first kappa shape index (κ1) is 20.4. The SMILES string of the molecule is CC1(O)c2c(Cl)ccc(O)c2C(=O)C2=C(O)[C@@]3(O)C(=O)C(C(N)=O)=C(O)CC3CC21. The number of phenolic OH excluding ortho intramolecular Hbond substituents is 1. The first-order chi connectivity index (χ1) is 13.8. The second-order valence-corrected chi connectivity index (χ2v) is 8.43. The minimum absolute atomic E-state index is 0.0130. The summed E-state index contributed by atoms with van der Waals surface area (Å²) in [5, 5.41) is 53.7.